The Morgan fingerprint density at radius 3 is 2.45 bits per heavy atom. The highest BCUT2D eigenvalue weighted by Gasteiger charge is 2.01. The molecule has 0 unspecified atom stereocenters. The van der Waals surface area contributed by atoms with Gasteiger partial charge in [-0.25, -0.2) is 9.18 Å². The summed E-state index contributed by atoms with van der Waals surface area (Å²) in [5.41, 5.74) is 3.58. The van der Waals surface area contributed by atoms with Crippen LogP contribution >= 0.6 is 0 Å². The minimum Gasteiger partial charge on any atom is -0.478 e. The van der Waals surface area contributed by atoms with Gasteiger partial charge in [-0.05, 0) is 42.2 Å². The number of halogens is 1. The first kappa shape index (κ1) is 14.0. The average molecular weight is 270 g/mol. The van der Waals surface area contributed by atoms with Crippen molar-refractivity contribution in [2.24, 2.45) is 0 Å². The molecule has 20 heavy (non-hydrogen) atoms. The van der Waals surface area contributed by atoms with E-state index in [1.54, 1.807) is 13.0 Å². The third kappa shape index (κ3) is 3.79. The standard InChI is InChI=1S/C17H15FO2/c1-12(10-17(19)20)9-13-5-7-14(8-6-13)15-3-2-4-16(18)11-15/h2-8,10-11H,9H2,1H3,(H,19,20)/b12-10+. The summed E-state index contributed by atoms with van der Waals surface area (Å²) in [6, 6.07) is 14.1. The zero-order chi connectivity index (χ0) is 14.5. The van der Waals surface area contributed by atoms with E-state index >= 15 is 0 Å². The van der Waals surface area contributed by atoms with Crippen LogP contribution in [0.4, 0.5) is 4.39 Å². The Kier molecular flexibility index (Phi) is 4.31. The molecule has 0 fully saturated rings. The van der Waals surface area contributed by atoms with Gasteiger partial charge in [-0.15, -0.1) is 0 Å². The summed E-state index contributed by atoms with van der Waals surface area (Å²) in [4.78, 5) is 10.6. The van der Waals surface area contributed by atoms with Crippen molar-refractivity contribution in [1.29, 1.82) is 0 Å². The molecule has 2 aromatic rings. The van der Waals surface area contributed by atoms with Crippen molar-refractivity contribution in [1.82, 2.24) is 0 Å². The molecule has 0 saturated carbocycles. The number of hydrogen-bond acceptors (Lipinski definition) is 1. The van der Waals surface area contributed by atoms with Gasteiger partial charge in [0.05, 0.1) is 0 Å². The molecule has 0 radical (unpaired) electrons. The lowest BCUT2D eigenvalue weighted by molar-refractivity contribution is -0.131. The fourth-order valence-corrected chi connectivity index (χ4v) is 2.07. The summed E-state index contributed by atoms with van der Waals surface area (Å²) in [5, 5.41) is 8.67. The molecule has 3 heteroatoms. The minimum absolute atomic E-state index is 0.258. The van der Waals surface area contributed by atoms with Crippen LogP contribution in [0.3, 0.4) is 0 Å². The molecule has 2 nitrogen and oxygen atoms in total. The van der Waals surface area contributed by atoms with Crippen molar-refractivity contribution in [3.05, 3.63) is 71.6 Å². The molecule has 0 atom stereocenters. The molecule has 2 aromatic carbocycles. The maximum absolute atomic E-state index is 13.2. The third-order valence-electron chi connectivity index (χ3n) is 2.96. The van der Waals surface area contributed by atoms with Gasteiger partial charge in [0, 0.05) is 6.08 Å². The molecule has 0 amide bonds. The SMILES string of the molecule is C/C(=C\C(=O)O)Cc1ccc(-c2cccc(F)c2)cc1. The van der Waals surface area contributed by atoms with Gasteiger partial charge in [0.25, 0.3) is 0 Å². The zero-order valence-corrected chi connectivity index (χ0v) is 11.1. The van der Waals surface area contributed by atoms with Crippen LogP contribution < -0.4 is 0 Å². The summed E-state index contributed by atoms with van der Waals surface area (Å²) >= 11 is 0. The highest BCUT2D eigenvalue weighted by molar-refractivity contribution is 5.80. The molecule has 0 bridgehead atoms. The first-order valence-electron chi connectivity index (χ1n) is 6.29. The van der Waals surface area contributed by atoms with Crippen LogP contribution in [0.2, 0.25) is 0 Å². The van der Waals surface area contributed by atoms with Gasteiger partial charge in [-0.3, -0.25) is 0 Å². The largest absolute Gasteiger partial charge is 0.478 e. The molecule has 0 heterocycles. The van der Waals surface area contributed by atoms with E-state index in [0.29, 0.717) is 6.42 Å². The summed E-state index contributed by atoms with van der Waals surface area (Å²) in [6.45, 7) is 1.79. The van der Waals surface area contributed by atoms with Crippen LogP contribution in [0.25, 0.3) is 11.1 Å². The quantitative estimate of drug-likeness (QED) is 0.850. The normalized spacial score (nSPS) is 11.4. The smallest absolute Gasteiger partial charge is 0.328 e. The molecule has 2 rings (SSSR count). The number of aliphatic carboxylic acids is 1. The predicted octanol–water partition coefficient (Wildman–Crippen LogP) is 4.07. The number of hydrogen-bond donors (Lipinski definition) is 1. The van der Waals surface area contributed by atoms with E-state index in [9.17, 15) is 9.18 Å². The van der Waals surface area contributed by atoms with E-state index in [-0.39, 0.29) is 5.82 Å². The molecule has 0 aliphatic heterocycles. The predicted molar refractivity (Wildman–Crippen MR) is 76.9 cm³/mol. The highest BCUT2D eigenvalue weighted by Crippen LogP contribution is 2.21. The van der Waals surface area contributed by atoms with E-state index in [2.05, 4.69) is 0 Å². The van der Waals surface area contributed by atoms with Crippen molar-refractivity contribution in [2.75, 3.05) is 0 Å². The average Bonchev–Trinajstić information content (AvgIpc) is 2.38. The molecule has 0 saturated heterocycles. The zero-order valence-electron chi connectivity index (χ0n) is 11.1. The number of benzene rings is 2. The van der Waals surface area contributed by atoms with Gasteiger partial charge in [0.15, 0.2) is 0 Å². The van der Waals surface area contributed by atoms with Crippen LogP contribution in [-0.4, -0.2) is 11.1 Å². The van der Waals surface area contributed by atoms with E-state index < -0.39 is 5.97 Å². The Morgan fingerprint density at radius 1 is 1.15 bits per heavy atom. The van der Waals surface area contributed by atoms with Gasteiger partial charge in [-0.2, -0.15) is 0 Å². The third-order valence-corrected chi connectivity index (χ3v) is 2.96. The molecule has 0 aromatic heterocycles. The van der Waals surface area contributed by atoms with Crippen LogP contribution in [0, 0.1) is 5.82 Å². The summed E-state index contributed by atoms with van der Waals surface area (Å²) in [6.07, 6.45) is 1.80. The molecular weight excluding hydrogens is 255 g/mol. The Hall–Kier alpha value is -2.42. The summed E-state index contributed by atoms with van der Waals surface area (Å²) in [5.74, 6) is -1.19. The first-order valence-corrected chi connectivity index (χ1v) is 6.29. The van der Waals surface area contributed by atoms with Crippen molar-refractivity contribution < 1.29 is 14.3 Å². The minimum atomic E-state index is -0.932. The number of allylic oxidation sites excluding steroid dienone is 1. The molecular formula is C17H15FO2. The lowest BCUT2D eigenvalue weighted by Crippen LogP contribution is -1.93. The Balaban J connectivity index is 2.16. The number of carbonyl (C=O) groups is 1. The van der Waals surface area contributed by atoms with Crippen molar-refractivity contribution in [3.8, 4) is 11.1 Å². The Bertz CT molecular complexity index is 642. The Morgan fingerprint density at radius 2 is 1.85 bits per heavy atom. The van der Waals surface area contributed by atoms with E-state index in [0.717, 1.165) is 22.3 Å². The second kappa shape index (κ2) is 6.15. The van der Waals surface area contributed by atoms with Crippen LogP contribution in [0.1, 0.15) is 12.5 Å². The molecule has 0 spiro atoms. The van der Waals surface area contributed by atoms with Gasteiger partial charge in [0.2, 0.25) is 0 Å². The van der Waals surface area contributed by atoms with Crippen LogP contribution in [-0.2, 0) is 11.2 Å². The molecule has 0 aliphatic rings. The van der Waals surface area contributed by atoms with Gasteiger partial charge < -0.3 is 5.11 Å². The van der Waals surface area contributed by atoms with E-state index in [1.807, 2.05) is 30.3 Å². The van der Waals surface area contributed by atoms with Crippen LogP contribution in [0.5, 0.6) is 0 Å². The fraction of sp³-hybridized carbons (Fsp3) is 0.118. The van der Waals surface area contributed by atoms with Crippen molar-refractivity contribution >= 4 is 5.97 Å². The maximum atomic E-state index is 13.2. The maximum Gasteiger partial charge on any atom is 0.328 e. The number of carboxylic acids is 1. The van der Waals surface area contributed by atoms with Crippen LogP contribution in [0.15, 0.2) is 60.2 Å². The topological polar surface area (TPSA) is 37.3 Å². The van der Waals surface area contributed by atoms with E-state index in [1.165, 1.54) is 18.2 Å². The molecule has 0 aliphatic carbocycles. The Labute approximate surface area is 117 Å². The highest BCUT2D eigenvalue weighted by atomic mass is 19.1. The molecule has 1 N–H and O–H groups in total. The number of rotatable bonds is 4. The second-order valence-corrected chi connectivity index (χ2v) is 4.71. The van der Waals surface area contributed by atoms with Crippen molar-refractivity contribution in [2.45, 2.75) is 13.3 Å². The van der Waals surface area contributed by atoms with Gasteiger partial charge in [-0.1, -0.05) is 42.0 Å². The summed E-state index contributed by atoms with van der Waals surface area (Å²) < 4.78 is 13.2. The first-order chi connectivity index (χ1) is 9.54. The second-order valence-electron chi connectivity index (χ2n) is 4.71. The number of carboxylic acid groups (broad SMARTS) is 1. The molecule has 102 valence electrons. The van der Waals surface area contributed by atoms with Gasteiger partial charge in [0.1, 0.15) is 5.82 Å². The van der Waals surface area contributed by atoms with Gasteiger partial charge >= 0.3 is 5.97 Å². The monoisotopic (exact) mass is 270 g/mol. The van der Waals surface area contributed by atoms with Crippen molar-refractivity contribution in [3.63, 3.8) is 0 Å². The van der Waals surface area contributed by atoms with E-state index in [4.69, 9.17) is 5.11 Å². The lowest BCUT2D eigenvalue weighted by atomic mass is 10.0. The lowest BCUT2D eigenvalue weighted by Gasteiger charge is -2.05. The summed E-state index contributed by atoms with van der Waals surface area (Å²) in [7, 11) is 0. The fourth-order valence-electron chi connectivity index (χ4n) is 2.07.